The Labute approximate surface area is 69.8 Å². The maximum atomic E-state index is 3.56. The Bertz CT molecular complexity index is 144. The molecule has 66 valence electrons. The Hall–Kier alpha value is -0.0800. The smallest absolute Gasteiger partial charge is 0.0632 e. The highest BCUT2D eigenvalue weighted by Crippen LogP contribution is 2.23. The van der Waals surface area contributed by atoms with Gasteiger partial charge in [0.05, 0.1) is 5.66 Å². The molecule has 1 rings (SSSR count). The quantitative estimate of drug-likeness (QED) is 0.553. The van der Waals surface area contributed by atoms with Crippen LogP contribution in [0.25, 0.3) is 0 Å². The molecule has 0 amide bonds. The number of rotatable bonds is 0. The summed E-state index contributed by atoms with van der Waals surface area (Å²) in [6, 6.07) is 0.595. The van der Waals surface area contributed by atoms with E-state index < -0.39 is 0 Å². The lowest BCUT2D eigenvalue weighted by Crippen LogP contribution is -2.46. The maximum Gasteiger partial charge on any atom is 0.0632 e. The number of nitrogens with one attached hydrogen (secondary N) is 2. The first-order valence-electron chi connectivity index (χ1n) is 4.34. The molecule has 0 radical (unpaired) electrons. The van der Waals surface area contributed by atoms with Crippen LogP contribution < -0.4 is 10.6 Å². The normalized spacial score (nSPS) is 30.8. The highest BCUT2D eigenvalue weighted by molar-refractivity contribution is 4.95. The fourth-order valence-corrected chi connectivity index (χ4v) is 1.42. The van der Waals surface area contributed by atoms with E-state index in [0.717, 1.165) is 6.54 Å². The zero-order valence-electron chi connectivity index (χ0n) is 8.28. The third-order valence-corrected chi connectivity index (χ3v) is 2.33. The zero-order chi connectivity index (χ0) is 8.70. The molecule has 2 heteroatoms. The Balaban J connectivity index is 2.55. The van der Waals surface area contributed by atoms with Crippen LogP contribution in [0.1, 0.15) is 34.6 Å². The summed E-state index contributed by atoms with van der Waals surface area (Å²) < 4.78 is 0. The van der Waals surface area contributed by atoms with E-state index >= 15 is 0 Å². The van der Waals surface area contributed by atoms with E-state index in [-0.39, 0.29) is 5.66 Å². The molecule has 1 atom stereocenters. The third kappa shape index (κ3) is 2.17. The second-order valence-electron chi connectivity index (χ2n) is 5.07. The van der Waals surface area contributed by atoms with Crippen LogP contribution in [-0.4, -0.2) is 18.2 Å². The molecule has 1 saturated heterocycles. The van der Waals surface area contributed by atoms with Crippen LogP contribution in [-0.2, 0) is 0 Å². The van der Waals surface area contributed by atoms with Crippen LogP contribution in [0.4, 0.5) is 0 Å². The highest BCUT2D eigenvalue weighted by Gasteiger charge is 2.35. The first kappa shape index (κ1) is 9.01. The van der Waals surface area contributed by atoms with Gasteiger partial charge in [-0.05, 0) is 19.3 Å². The number of hydrogen-bond acceptors (Lipinski definition) is 2. The van der Waals surface area contributed by atoms with Gasteiger partial charge in [0.2, 0.25) is 0 Å². The molecule has 1 heterocycles. The monoisotopic (exact) mass is 156 g/mol. The minimum Gasteiger partial charge on any atom is -0.298 e. The lowest BCUT2D eigenvalue weighted by molar-refractivity contribution is 0.277. The van der Waals surface area contributed by atoms with E-state index in [2.05, 4.69) is 45.3 Å². The summed E-state index contributed by atoms with van der Waals surface area (Å²) in [5.41, 5.74) is 0.485. The molecule has 1 aliphatic rings. The largest absolute Gasteiger partial charge is 0.298 e. The molecule has 0 bridgehead atoms. The first-order valence-corrected chi connectivity index (χ1v) is 4.34. The Morgan fingerprint density at radius 3 is 2.00 bits per heavy atom. The van der Waals surface area contributed by atoms with Crippen molar-refractivity contribution in [2.75, 3.05) is 6.54 Å². The molecule has 1 fully saturated rings. The molecular weight excluding hydrogens is 136 g/mol. The van der Waals surface area contributed by atoms with Crippen molar-refractivity contribution in [1.82, 2.24) is 10.6 Å². The van der Waals surface area contributed by atoms with Gasteiger partial charge in [-0.25, -0.2) is 0 Å². The van der Waals surface area contributed by atoms with Crippen molar-refractivity contribution in [3.8, 4) is 0 Å². The van der Waals surface area contributed by atoms with Gasteiger partial charge in [-0.1, -0.05) is 20.8 Å². The lowest BCUT2D eigenvalue weighted by Gasteiger charge is -2.28. The molecule has 2 N–H and O–H groups in total. The molecule has 0 aromatic rings. The zero-order valence-corrected chi connectivity index (χ0v) is 8.28. The van der Waals surface area contributed by atoms with Crippen LogP contribution in [0.3, 0.4) is 0 Å². The summed E-state index contributed by atoms with van der Waals surface area (Å²) in [7, 11) is 0. The van der Waals surface area contributed by atoms with Crippen molar-refractivity contribution in [3.05, 3.63) is 0 Å². The second-order valence-corrected chi connectivity index (χ2v) is 5.07. The fraction of sp³-hybridized carbons (Fsp3) is 1.00. The first-order chi connectivity index (χ1) is 4.81. The van der Waals surface area contributed by atoms with E-state index in [1.54, 1.807) is 0 Å². The molecule has 2 nitrogen and oxygen atoms in total. The third-order valence-electron chi connectivity index (χ3n) is 2.33. The Kier molecular flexibility index (Phi) is 2.01. The van der Waals surface area contributed by atoms with E-state index in [0.29, 0.717) is 11.5 Å². The van der Waals surface area contributed by atoms with Gasteiger partial charge in [0.1, 0.15) is 0 Å². The Morgan fingerprint density at radius 2 is 1.82 bits per heavy atom. The standard InChI is InChI=1S/C9H20N2/c1-8(2,3)7-6-10-9(4,5)11-7/h7,10-11H,6H2,1-5H3/t7-/m1/s1. The lowest BCUT2D eigenvalue weighted by atomic mass is 9.87. The average molecular weight is 156 g/mol. The summed E-state index contributed by atoms with van der Waals surface area (Å²) in [6.45, 7) is 12.3. The van der Waals surface area contributed by atoms with Gasteiger partial charge in [-0.15, -0.1) is 0 Å². The molecule has 0 unspecified atom stereocenters. The van der Waals surface area contributed by atoms with Gasteiger partial charge in [0.25, 0.3) is 0 Å². The van der Waals surface area contributed by atoms with E-state index in [9.17, 15) is 0 Å². The molecule has 0 spiro atoms. The van der Waals surface area contributed by atoms with Gasteiger partial charge >= 0.3 is 0 Å². The summed E-state index contributed by atoms with van der Waals surface area (Å²) in [5.74, 6) is 0. The van der Waals surface area contributed by atoms with Crippen molar-refractivity contribution in [2.45, 2.75) is 46.3 Å². The van der Waals surface area contributed by atoms with E-state index in [4.69, 9.17) is 0 Å². The van der Waals surface area contributed by atoms with Gasteiger partial charge < -0.3 is 0 Å². The van der Waals surface area contributed by atoms with Gasteiger partial charge in [0, 0.05) is 12.6 Å². The predicted octanol–water partition coefficient (Wildman–Crippen LogP) is 1.33. The average Bonchev–Trinajstić information content (AvgIpc) is 2.07. The summed E-state index contributed by atoms with van der Waals surface area (Å²) in [6.07, 6.45) is 0. The van der Waals surface area contributed by atoms with Crippen molar-refractivity contribution in [2.24, 2.45) is 5.41 Å². The predicted molar refractivity (Wildman–Crippen MR) is 48.5 cm³/mol. The van der Waals surface area contributed by atoms with Crippen molar-refractivity contribution >= 4 is 0 Å². The van der Waals surface area contributed by atoms with Crippen LogP contribution >= 0.6 is 0 Å². The van der Waals surface area contributed by atoms with Crippen molar-refractivity contribution < 1.29 is 0 Å². The molecule has 0 saturated carbocycles. The van der Waals surface area contributed by atoms with Gasteiger partial charge in [0.15, 0.2) is 0 Å². The molecule has 1 aliphatic heterocycles. The van der Waals surface area contributed by atoms with E-state index in [1.165, 1.54) is 0 Å². The van der Waals surface area contributed by atoms with Crippen LogP contribution in [0, 0.1) is 5.41 Å². The fourth-order valence-electron chi connectivity index (χ4n) is 1.42. The SMILES string of the molecule is CC1(C)NC[C@H](C(C)(C)C)N1. The molecule has 11 heavy (non-hydrogen) atoms. The van der Waals surface area contributed by atoms with Crippen LogP contribution in [0.2, 0.25) is 0 Å². The minimum absolute atomic E-state index is 0.123. The van der Waals surface area contributed by atoms with Crippen LogP contribution in [0.5, 0.6) is 0 Å². The highest BCUT2D eigenvalue weighted by atomic mass is 15.3. The molecule has 0 aromatic heterocycles. The summed E-state index contributed by atoms with van der Waals surface area (Å²) >= 11 is 0. The topological polar surface area (TPSA) is 24.1 Å². The second kappa shape index (κ2) is 2.46. The minimum atomic E-state index is 0.123. The van der Waals surface area contributed by atoms with Crippen molar-refractivity contribution in [3.63, 3.8) is 0 Å². The molecule has 0 aromatic carbocycles. The van der Waals surface area contributed by atoms with Gasteiger partial charge in [-0.3, -0.25) is 10.6 Å². The summed E-state index contributed by atoms with van der Waals surface area (Å²) in [4.78, 5) is 0. The van der Waals surface area contributed by atoms with E-state index in [1.807, 2.05) is 0 Å². The molecule has 0 aliphatic carbocycles. The number of hydrogen-bond donors (Lipinski definition) is 2. The molecular formula is C9H20N2. The summed E-state index contributed by atoms with van der Waals surface area (Å²) in [5, 5.41) is 7.00. The van der Waals surface area contributed by atoms with Crippen LogP contribution in [0.15, 0.2) is 0 Å². The maximum absolute atomic E-state index is 3.56. The van der Waals surface area contributed by atoms with Gasteiger partial charge in [-0.2, -0.15) is 0 Å². The Morgan fingerprint density at radius 1 is 1.27 bits per heavy atom. The van der Waals surface area contributed by atoms with Crippen molar-refractivity contribution in [1.29, 1.82) is 0 Å².